The summed E-state index contributed by atoms with van der Waals surface area (Å²) in [4.78, 5) is 8.63. The molecule has 0 saturated carbocycles. The molecule has 1 unspecified atom stereocenters. The van der Waals surface area contributed by atoms with Crippen molar-refractivity contribution < 1.29 is 14.6 Å². The molecule has 9 heteroatoms. The summed E-state index contributed by atoms with van der Waals surface area (Å²) < 4.78 is 12.7. The number of nitrogens with zero attached hydrogens (tertiary/aromatic N) is 4. The summed E-state index contributed by atoms with van der Waals surface area (Å²) in [5, 5.41) is 18.5. The molecule has 8 nitrogen and oxygen atoms in total. The van der Waals surface area contributed by atoms with E-state index in [9.17, 15) is 5.11 Å². The van der Waals surface area contributed by atoms with Crippen LogP contribution in [0.4, 0.5) is 5.82 Å². The van der Waals surface area contributed by atoms with Gasteiger partial charge in [-0.3, -0.25) is 0 Å². The highest BCUT2D eigenvalue weighted by atomic mass is 35.5. The number of anilines is 1. The van der Waals surface area contributed by atoms with Gasteiger partial charge in [-0.05, 0) is 24.1 Å². The molecule has 0 bridgehead atoms. The Bertz CT molecular complexity index is 962. The van der Waals surface area contributed by atoms with E-state index in [2.05, 4.69) is 27.3 Å². The second-order valence-corrected chi connectivity index (χ2v) is 6.69. The van der Waals surface area contributed by atoms with Crippen molar-refractivity contribution in [3.05, 3.63) is 40.8 Å². The van der Waals surface area contributed by atoms with Crippen LogP contribution in [0, 0.1) is 0 Å². The standard InChI is InChI=1S/C18H20ClN5O3/c1-2-3-12-8-16(24-18(23-12)21-10-22-24)20-9-14(25)11-6-13(19)17-15(7-11)26-4-5-27-17/h6-8,10,14,20,25H,2-5,9H2,1H3. The monoisotopic (exact) mass is 389 g/mol. The molecule has 1 aromatic carbocycles. The molecule has 1 aliphatic heterocycles. The van der Waals surface area contributed by atoms with Crippen LogP contribution in [0.25, 0.3) is 5.78 Å². The van der Waals surface area contributed by atoms with Crippen molar-refractivity contribution in [2.75, 3.05) is 25.1 Å². The molecule has 0 aliphatic carbocycles. The van der Waals surface area contributed by atoms with Crippen molar-refractivity contribution in [3.63, 3.8) is 0 Å². The fourth-order valence-electron chi connectivity index (χ4n) is 3.01. The predicted molar refractivity (Wildman–Crippen MR) is 101 cm³/mol. The maximum absolute atomic E-state index is 10.6. The Morgan fingerprint density at radius 3 is 3.00 bits per heavy atom. The molecule has 4 rings (SSSR count). The van der Waals surface area contributed by atoms with E-state index in [1.165, 1.54) is 6.33 Å². The third kappa shape index (κ3) is 3.63. The second-order valence-electron chi connectivity index (χ2n) is 6.28. The molecule has 0 fully saturated rings. The minimum atomic E-state index is -0.792. The average molecular weight is 390 g/mol. The first kappa shape index (κ1) is 17.8. The Hall–Kier alpha value is -2.58. The van der Waals surface area contributed by atoms with E-state index in [0.717, 1.165) is 24.4 Å². The van der Waals surface area contributed by atoms with Gasteiger partial charge in [0, 0.05) is 18.3 Å². The van der Waals surface area contributed by atoms with Crippen molar-refractivity contribution in [1.82, 2.24) is 19.6 Å². The first-order chi connectivity index (χ1) is 13.2. The van der Waals surface area contributed by atoms with Crippen LogP contribution in [0.2, 0.25) is 5.02 Å². The van der Waals surface area contributed by atoms with Crippen LogP contribution in [-0.4, -0.2) is 44.4 Å². The van der Waals surface area contributed by atoms with Gasteiger partial charge in [-0.15, -0.1) is 0 Å². The van der Waals surface area contributed by atoms with Gasteiger partial charge in [0.25, 0.3) is 5.78 Å². The number of ether oxygens (including phenoxy) is 2. The van der Waals surface area contributed by atoms with E-state index in [1.54, 1.807) is 16.6 Å². The van der Waals surface area contributed by atoms with Gasteiger partial charge in [0.05, 0.1) is 11.1 Å². The first-order valence-electron chi connectivity index (χ1n) is 8.86. The van der Waals surface area contributed by atoms with Crippen LogP contribution in [0.5, 0.6) is 11.5 Å². The Morgan fingerprint density at radius 1 is 1.30 bits per heavy atom. The number of halogens is 1. The predicted octanol–water partition coefficient (Wildman–Crippen LogP) is 2.65. The maximum atomic E-state index is 10.6. The van der Waals surface area contributed by atoms with Crippen LogP contribution < -0.4 is 14.8 Å². The summed E-state index contributed by atoms with van der Waals surface area (Å²) in [5.41, 5.74) is 1.58. The van der Waals surface area contributed by atoms with E-state index in [1.807, 2.05) is 6.07 Å². The number of rotatable bonds is 6. The number of aliphatic hydroxyl groups excluding tert-OH is 1. The van der Waals surface area contributed by atoms with E-state index >= 15 is 0 Å². The smallest absolute Gasteiger partial charge is 0.254 e. The van der Waals surface area contributed by atoms with Crippen molar-refractivity contribution in [2.45, 2.75) is 25.9 Å². The van der Waals surface area contributed by atoms with Gasteiger partial charge < -0.3 is 19.9 Å². The summed E-state index contributed by atoms with van der Waals surface area (Å²) in [5.74, 6) is 2.33. The molecule has 3 aromatic rings. The van der Waals surface area contributed by atoms with Gasteiger partial charge in [0.2, 0.25) is 0 Å². The lowest BCUT2D eigenvalue weighted by molar-refractivity contribution is 0.167. The topological polar surface area (TPSA) is 93.8 Å². The van der Waals surface area contributed by atoms with Crippen LogP contribution in [0.1, 0.15) is 30.7 Å². The number of aromatic nitrogens is 4. The Labute approximate surface area is 161 Å². The fourth-order valence-corrected chi connectivity index (χ4v) is 3.29. The highest BCUT2D eigenvalue weighted by Crippen LogP contribution is 2.39. The van der Waals surface area contributed by atoms with E-state index in [-0.39, 0.29) is 6.54 Å². The summed E-state index contributed by atoms with van der Waals surface area (Å²) in [6.45, 7) is 3.29. The zero-order valence-corrected chi connectivity index (χ0v) is 15.6. The molecule has 0 radical (unpaired) electrons. The summed E-state index contributed by atoms with van der Waals surface area (Å²) in [6, 6.07) is 5.38. The lowest BCUT2D eigenvalue weighted by Crippen LogP contribution is -2.18. The number of aryl methyl sites for hydroxylation is 1. The largest absolute Gasteiger partial charge is 0.486 e. The average Bonchev–Trinajstić information content (AvgIpc) is 3.15. The third-order valence-electron chi connectivity index (χ3n) is 4.29. The normalized spacial score (nSPS) is 14.3. The molecule has 3 heterocycles. The third-order valence-corrected chi connectivity index (χ3v) is 4.57. The number of benzene rings is 1. The SMILES string of the molecule is CCCc1cc(NCC(O)c2cc(Cl)c3c(c2)OCCO3)n2ncnc2n1. The van der Waals surface area contributed by atoms with Gasteiger partial charge in [0.15, 0.2) is 11.5 Å². The highest BCUT2D eigenvalue weighted by Gasteiger charge is 2.20. The van der Waals surface area contributed by atoms with Gasteiger partial charge >= 0.3 is 0 Å². The minimum Gasteiger partial charge on any atom is -0.486 e. The van der Waals surface area contributed by atoms with E-state index in [4.69, 9.17) is 21.1 Å². The van der Waals surface area contributed by atoms with Gasteiger partial charge in [0.1, 0.15) is 25.4 Å². The second kappa shape index (κ2) is 7.58. The molecule has 1 atom stereocenters. The van der Waals surface area contributed by atoms with Crippen molar-refractivity contribution in [3.8, 4) is 11.5 Å². The van der Waals surface area contributed by atoms with Gasteiger partial charge in [-0.2, -0.15) is 14.6 Å². The van der Waals surface area contributed by atoms with E-state index in [0.29, 0.717) is 41.1 Å². The molecule has 0 saturated heterocycles. The lowest BCUT2D eigenvalue weighted by Gasteiger charge is -2.22. The summed E-state index contributed by atoms with van der Waals surface area (Å²) in [6.07, 6.45) is 2.49. The van der Waals surface area contributed by atoms with Crippen molar-refractivity contribution in [1.29, 1.82) is 0 Å². The zero-order chi connectivity index (χ0) is 18.8. The molecule has 2 N–H and O–H groups in total. The molecule has 27 heavy (non-hydrogen) atoms. The Balaban J connectivity index is 1.54. The molecule has 142 valence electrons. The van der Waals surface area contributed by atoms with Crippen LogP contribution in [0.3, 0.4) is 0 Å². The first-order valence-corrected chi connectivity index (χ1v) is 9.24. The molecule has 0 spiro atoms. The summed E-state index contributed by atoms with van der Waals surface area (Å²) >= 11 is 6.26. The fraction of sp³-hybridized carbons (Fsp3) is 0.389. The molecule has 1 aliphatic rings. The Morgan fingerprint density at radius 2 is 2.15 bits per heavy atom. The molecule has 0 amide bonds. The number of fused-ring (bicyclic) bond motifs is 2. The number of hydrogen-bond acceptors (Lipinski definition) is 7. The minimum absolute atomic E-state index is 0.264. The molecular weight excluding hydrogens is 370 g/mol. The quantitative estimate of drug-likeness (QED) is 0.669. The van der Waals surface area contributed by atoms with Crippen LogP contribution in [-0.2, 0) is 6.42 Å². The summed E-state index contributed by atoms with van der Waals surface area (Å²) in [7, 11) is 0. The molecule has 2 aromatic heterocycles. The van der Waals surface area contributed by atoms with Gasteiger partial charge in [-0.25, -0.2) is 4.98 Å². The number of nitrogens with one attached hydrogen (secondary N) is 1. The number of hydrogen-bond donors (Lipinski definition) is 2. The zero-order valence-electron chi connectivity index (χ0n) is 14.9. The van der Waals surface area contributed by atoms with E-state index < -0.39 is 6.10 Å². The number of aliphatic hydroxyl groups is 1. The van der Waals surface area contributed by atoms with Gasteiger partial charge in [-0.1, -0.05) is 24.9 Å². The lowest BCUT2D eigenvalue weighted by atomic mass is 10.1. The van der Waals surface area contributed by atoms with Crippen LogP contribution in [0.15, 0.2) is 24.5 Å². The highest BCUT2D eigenvalue weighted by molar-refractivity contribution is 6.32. The molecular formula is C18H20ClN5O3. The van der Waals surface area contributed by atoms with Crippen molar-refractivity contribution >= 4 is 23.2 Å². The van der Waals surface area contributed by atoms with Crippen LogP contribution >= 0.6 is 11.6 Å². The maximum Gasteiger partial charge on any atom is 0.254 e. The Kier molecular flexibility index (Phi) is 5.00. The van der Waals surface area contributed by atoms with Crippen molar-refractivity contribution in [2.24, 2.45) is 0 Å².